The van der Waals surface area contributed by atoms with Crippen molar-refractivity contribution in [2.75, 3.05) is 0 Å². The van der Waals surface area contributed by atoms with E-state index in [-0.39, 0.29) is 0 Å². The Kier molecular flexibility index (Phi) is 2.09. The smallest absolute Gasteiger partial charge is 0.0608 e. The van der Waals surface area contributed by atoms with Crippen molar-refractivity contribution in [3.05, 3.63) is 0 Å². The van der Waals surface area contributed by atoms with E-state index < -0.39 is 0 Å². The summed E-state index contributed by atoms with van der Waals surface area (Å²) in [5.41, 5.74) is 5.56. The number of hydrogen-bond donors (Lipinski definition) is 1. The molecule has 0 heterocycles. The molecular weight excluding hydrogens is 114 g/mol. The predicted octanol–water partition coefficient (Wildman–Crippen LogP) is 0.901. The summed E-state index contributed by atoms with van der Waals surface area (Å²) in [6.07, 6.45) is 2.93. The van der Waals surface area contributed by atoms with Gasteiger partial charge in [0.2, 0.25) is 0 Å². The van der Waals surface area contributed by atoms with E-state index in [1.165, 1.54) is 0 Å². The van der Waals surface area contributed by atoms with E-state index in [2.05, 4.69) is 13.8 Å². The van der Waals surface area contributed by atoms with E-state index in [0.717, 1.165) is 12.8 Å². The fraction of sp³-hybridized carbons (Fsp3) is 1.00. The Labute approximate surface area is 56.4 Å². The highest BCUT2D eigenvalue weighted by Gasteiger charge is 2.26. The van der Waals surface area contributed by atoms with E-state index in [1.807, 2.05) is 0 Å². The number of rotatable bonds is 2. The van der Waals surface area contributed by atoms with Crippen LogP contribution in [0.15, 0.2) is 0 Å². The molecule has 54 valence electrons. The first-order valence-corrected chi connectivity index (χ1v) is 3.59. The molecule has 1 aliphatic rings. The van der Waals surface area contributed by atoms with Crippen LogP contribution in [-0.2, 0) is 4.74 Å². The normalized spacial score (nSPS) is 34.7. The van der Waals surface area contributed by atoms with E-state index >= 15 is 0 Å². The lowest BCUT2D eigenvalue weighted by atomic mass is 9.90. The van der Waals surface area contributed by atoms with Crippen molar-refractivity contribution in [1.29, 1.82) is 0 Å². The van der Waals surface area contributed by atoms with Crippen LogP contribution < -0.4 is 5.73 Å². The largest absolute Gasteiger partial charge is 0.375 e. The fourth-order valence-corrected chi connectivity index (χ4v) is 1.10. The van der Waals surface area contributed by atoms with Gasteiger partial charge in [-0.1, -0.05) is 0 Å². The van der Waals surface area contributed by atoms with E-state index in [4.69, 9.17) is 10.5 Å². The molecule has 0 radical (unpaired) electrons. The number of hydrogen-bond acceptors (Lipinski definition) is 2. The highest BCUT2D eigenvalue weighted by molar-refractivity contribution is 4.83. The van der Waals surface area contributed by atoms with Crippen molar-refractivity contribution in [2.24, 2.45) is 5.73 Å². The second-order valence-electron chi connectivity index (χ2n) is 3.04. The van der Waals surface area contributed by atoms with Crippen molar-refractivity contribution in [2.45, 2.75) is 44.9 Å². The van der Waals surface area contributed by atoms with Gasteiger partial charge in [0.25, 0.3) is 0 Å². The zero-order valence-corrected chi connectivity index (χ0v) is 6.13. The van der Waals surface area contributed by atoms with E-state index in [9.17, 15) is 0 Å². The van der Waals surface area contributed by atoms with Gasteiger partial charge < -0.3 is 10.5 Å². The first-order chi connectivity index (χ1) is 4.18. The average molecular weight is 129 g/mol. The topological polar surface area (TPSA) is 35.2 Å². The average Bonchev–Trinajstić information content (AvgIpc) is 1.60. The van der Waals surface area contributed by atoms with Gasteiger partial charge in [-0.15, -0.1) is 0 Å². The molecule has 9 heavy (non-hydrogen) atoms. The van der Waals surface area contributed by atoms with Gasteiger partial charge in [0.15, 0.2) is 0 Å². The Hall–Kier alpha value is -0.0800. The quantitative estimate of drug-likeness (QED) is 0.601. The van der Waals surface area contributed by atoms with Crippen molar-refractivity contribution >= 4 is 0 Å². The molecule has 0 spiro atoms. The minimum Gasteiger partial charge on any atom is -0.375 e. The van der Waals surface area contributed by atoms with Crippen LogP contribution in [0, 0.1) is 0 Å². The summed E-state index contributed by atoms with van der Waals surface area (Å²) in [5.74, 6) is 0. The molecule has 0 aromatic heterocycles. The third-order valence-electron chi connectivity index (χ3n) is 1.60. The van der Waals surface area contributed by atoms with Gasteiger partial charge in [0.05, 0.1) is 12.2 Å². The summed E-state index contributed by atoms with van der Waals surface area (Å²) in [5, 5.41) is 0. The zero-order valence-electron chi connectivity index (χ0n) is 6.13. The standard InChI is InChI=1S/C7H15NO/c1-5(2)9-7-3-6(8)4-7/h5-7H,3-4,8H2,1-2H3/t6-,7+. The SMILES string of the molecule is CC(C)O[C@H]1C[C@@H](N)C1. The second-order valence-corrected chi connectivity index (χ2v) is 3.04. The molecule has 1 fully saturated rings. The minimum absolute atomic E-state index is 0.363. The third-order valence-corrected chi connectivity index (χ3v) is 1.60. The van der Waals surface area contributed by atoms with Crippen LogP contribution in [0.5, 0.6) is 0 Å². The lowest BCUT2D eigenvalue weighted by Crippen LogP contribution is -2.42. The van der Waals surface area contributed by atoms with Crippen LogP contribution >= 0.6 is 0 Å². The summed E-state index contributed by atoms with van der Waals surface area (Å²) < 4.78 is 5.48. The van der Waals surface area contributed by atoms with Gasteiger partial charge in [-0.3, -0.25) is 0 Å². The molecule has 0 saturated heterocycles. The molecule has 2 N–H and O–H groups in total. The Morgan fingerprint density at radius 2 is 2.00 bits per heavy atom. The summed E-state index contributed by atoms with van der Waals surface area (Å²) in [6, 6.07) is 0.411. The number of ether oxygens (including phenoxy) is 1. The molecule has 1 saturated carbocycles. The molecule has 0 unspecified atom stereocenters. The molecule has 2 heteroatoms. The fourth-order valence-electron chi connectivity index (χ4n) is 1.10. The Balaban J connectivity index is 2.04. The molecule has 1 rings (SSSR count). The van der Waals surface area contributed by atoms with Gasteiger partial charge in [-0.2, -0.15) is 0 Å². The van der Waals surface area contributed by atoms with Crippen LogP contribution in [0.1, 0.15) is 26.7 Å². The van der Waals surface area contributed by atoms with Gasteiger partial charge in [0, 0.05) is 6.04 Å². The van der Waals surface area contributed by atoms with Gasteiger partial charge in [-0.25, -0.2) is 0 Å². The maximum Gasteiger partial charge on any atom is 0.0608 e. The molecule has 1 aliphatic carbocycles. The summed E-state index contributed by atoms with van der Waals surface area (Å²) in [6.45, 7) is 4.12. The zero-order chi connectivity index (χ0) is 6.85. The Morgan fingerprint density at radius 3 is 2.33 bits per heavy atom. The van der Waals surface area contributed by atoms with Crippen LogP contribution in [0.3, 0.4) is 0 Å². The van der Waals surface area contributed by atoms with Gasteiger partial charge >= 0.3 is 0 Å². The monoisotopic (exact) mass is 129 g/mol. The van der Waals surface area contributed by atoms with Crippen molar-refractivity contribution in [1.82, 2.24) is 0 Å². The molecule has 0 aromatic carbocycles. The first-order valence-electron chi connectivity index (χ1n) is 3.59. The minimum atomic E-state index is 0.363. The maximum atomic E-state index is 5.56. The molecule has 0 aromatic rings. The number of nitrogens with two attached hydrogens (primary N) is 1. The second kappa shape index (κ2) is 2.67. The van der Waals surface area contributed by atoms with Gasteiger partial charge in [-0.05, 0) is 26.7 Å². The predicted molar refractivity (Wildman–Crippen MR) is 37.2 cm³/mol. The van der Waals surface area contributed by atoms with Crippen LogP contribution in [0.2, 0.25) is 0 Å². The maximum absolute atomic E-state index is 5.56. The molecule has 2 nitrogen and oxygen atoms in total. The molecule has 0 amide bonds. The van der Waals surface area contributed by atoms with Crippen molar-refractivity contribution in [3.63, 3.8) is 0 Å². The Morgan fingerprint density at radius 1 is 1.44 bits per heavy atom. The van der Waals surface area contributed by atoms with Crippen molar-refractivity contribution in [3.8, 4) is 0 Å². The first kappa shape index (κ1) is 7.03. The van der Waals surface area contributed by atoms with Crippen LogP contribution in [-0.4, -0.2) is 18.2 Å². The summed E-state index contributed by atoms with van der Waals surface area (Å²) in [7, 11) is 0. The van der Waals surface area contributed by atoms with Crippen molar-refractivity contribution < 1.29 is 4.74 Å². The van der Waals surface area contributed by atoms with E-state index in [1.54, 1.807) is 0 Å². The highest BCUT2D eigenvalue weighted by atomic mass is 16.5. The molecule has 0 aliphatic heterocycles. The van der Waals surface area contributed by atoms with Crippen LogP contribution in [0.4, 0.5) is 0 Å². The van der Waals surface area contributed by atoms with Gasteiger partial charge in [0.1, 0.15) is 0 Å². The third kappa shape index (κ3) is 1.95. The lowest BCUT2D eigenvalue weighted by molar-refractivity contribution is -0.0432. The lowest BCUT2D eigenvalue weighted by Gasteiger charge is -2.33. The summed E-state index contributed by atoms with van der Waals surface area (Å²) in [4.78, 5) is 0. The van der Waals surface area contributed by atoms with Crippen LogP contribution in [0.25, 0.3) is 0 Å². The van der Waals surface area contributed by atoms with E-state index in [0.29, 0.717) is 18.2 Å². The molecular formula is C7H15NO. The molecule has 0 bridgehead atoms. The summed E-state index contributed by atoms with van der Waals surface area (Å²) >= 11 is 0. The Bertz CT molecular complexity index is 86.9. The molecule has 0 atom stereocenters. The highest BCUT2D eigenvalue weighted by Crippen LogP contribution is 2.22.